The Hall–Kier alpha value is -0.770. The van der Waals surface area contributed by atoms with E-state index in [1.54, 1.807) is 6.26 Å². The van der Waals surface area contributed by atoms with E-state index in [-0.39, 0.29) is 5.91 Å². The standard InChI is InChI=1S/C13H20BrNO2/c1-2-11(7-8-14)10-15-13(16)6-5-12-4-3-9-17-12/h3-4,9,11H,2,5-8,10H2,1H3,(H,15,16). The molecule has 1 aromatic heterocycles. The van der Waals surface area contributed by atoms with Crippen LogP contribution in [0.25, 0.3) is 0 Å². The summed E-state index contributed by atoms with van der Waals surface area (Å²) >= 11 is 3.43. The summed E-state index contributed by atoms with van der Waals surface area (Å²) in [5.41, 5.74) is 0. The third kappa shape index (κ3) is 5.91. The van der Waals surface area contributed by atoms with Gasteiger partial charge in [0.1, 0.15) is 5.76 Å². The number of hydrogen-bond acceptors (Lipinski definition) is 2. The summed E-state index contributed by atoms with van der Waals surface area (Å²) < 4.78 is 5.18. The van der Waals surface area contributed by atoms with Gasteiger partial charge in [-0.05, 0) is 24.5 Å². The number of aryl methyl sites for hydroxylation is 1. The van der Waals surface area contributed by atoms with Gasteiger partial charge in [0.2, 0.25) is 5.91 Å². The number of carbonyl (C=O) groups excluding carboxylic acids is 1. The van der Waals surface area contributed by atoms with E-state index in [0.29, 0.717) is 18.8 Å². The molecule has 0 spiro atoms. The zero-order valence-corrected chi connectivity index (χ0v) is 11.8. The molecule has 17 heavy (non-hydrogen) atoms. The molecular formula is C13H20BrNO2. The Morgan fingerprint density at radius 2 is 2.41 bits per heavy atom. The summed E-state index contributed by atoms with van der Waals surface area (Å²) in [6.07, 6.45) is 5.02. The minimum Gasteiger partial charge on any atom is -0.469 e. The number of halogens is 1. The topological polar surface area (TPSA) is 42.2 Å². The Morgan fingerprint density at radius 1 is 1.59 bits per heavy atom. The third-order valence-electron chi connectivity index (χ3n) is 2.86. The number of alkyl halides is 1. The molecule has 0 aromatic carbocycles. The van der Waals surface area contributed by atoms with E-state index in [9.17, 15) is 4.79 Å². The van der Waals surface area contributed by atoms with Crippen molar-refractivity contribution in [3.63, 3.8) is 0 Å². The highest BCUT2D eigenvalue weighted by Gasteiger charge is 2.08. The highest BCUT2D eigenvalue weighted by molar-refractivity contribution is 9.09. The van der Waals surface area contributed by atoms with Crippen LogP contribution in [0.15, 0.2) is 22.8 Å². The highest BCUT2D eigenvalue weighted by atomic mass is 79.9. The van der Waals surface area contributed by atoms with Crippen LogP contribution in [-0.4, -0.2) is 17.8 Å². The van der Waals surface area contributed by atoms with Crippen molar-refractivity contribution in [1.82, 2.24) is 5.32 Å². The molecule has 0 aliphatic carbocycles. The molecule has 0 aliphatic heterocycles. The zero-order chi connectivity index (χ0) is 12.5. The van der Waals surface area contributed by atoms with Crippen LogP contribution in [0.1, 0.15) is 31.9 Å². The van der Waals surface area contributed by atoms with Gasteiger partial charge in [0.25, 0.3) is 0 Å². The number of furan rings is 1. The van der Waals surface area contributed by atoms with E-state index in [1.165, 1.54) is 0 Å². The summed E-state index contributed by atoms with van der Waals surface area (Å²) in [5.74, 6) is 1.55. The fraction of sp³-hybridized carbons (Fsp3) is 0.615. The van der Waals surface area contributed by atoms with Crippen molar-refractivity contribution in [1.29, 1.82) is 0 Å². The lowest BCUT2D eigenvalue weighted by Crippen LogP contribution is -2.29. The van der Waals surface area contributed by atoms with Crippen molar-refractivity contribution in [2.45, 2.75) is 32.6 Å². The monoisotopic (exact) mass is 301 g/mol. The molecule has 0 bridgehead atoms. The van der Waals surface area contributed by atoms with Gasteiger partial charge in [-0.25, -0.2) is 0 Å². The zero-order valence-electron chi connectivity index (χ0n) is 10.2. The largest absolute Gasteiger partial charge is 0.469 e. The summed E-state index contributed by atoms with van der Waals surface area (Å²) in [7, 11) is 0. The van der Waals surface area contributed by atoms with Crippen LogP contribution in [0.5, 0.6) is 0 Å². The molecule has 0 fully saturated rings. The lowest BCUT2D eigenvalue weighted by molar-refractivity contribution is -0.121. The van der Waals surface area contributed by atoms with Gasteiger partial charge >= 0.3 is 0 Å². The Bertz CT molecular complexity index is 311. The lowest BCUT2D eigenvalue weighted by Gasteiger charge is -2.13. The molecule has 0 saturated carbocycles. The van der Waals surface area contributed by atoms with E-state index in [4.69, 9.17) is 4.42 Å². The second-order valence-corrected chi connectivity index (χ2v) is 4.93. The Kier molecular flexibility index (Phi) is 7.01. The number of hydrogen-bond donors (Lipinski definition) is 1. The maximum absolute atomic E-state index is 11.6. The van der Waals surface area contributed by atoms with Crippen molar-refractivity contribution in [3.8, 4) is 0 Å². The molecule has 0 radical (unpaired) electrons. The van der Waals surface area contributed by atoms with Crippen molar-refractivity contribution in [2.24, 2.45) is 5.92 Å². The van der Waals surface area contributed by atoms with Gasteiger partial charge in [-0.2, -0.15) is 0 Å². The van der Waals surface area contributed by atoms with E-state index in [0.717, 1.165) is 30.5 Å². The number of rotatable bonds is 8. The second-order valence-electron chi connectivity index (χ2n) is 4.14. The van der Waals surface area contributed by atoms with Crippen LogP contribution in [-0.2, 0) is 11.2 Å². The van der Waals surface area contributed by atoms with E-state index in [2.05, 4.69) is 28.2 Å². The van der Waals surface area contributed by atoms with E-state index >= 15 is 0 Å². The second kappa shape index (κ2) is 8.34. The molecule has 1 heterocycles. The predicted octanol–water partition coefficient (Wildman–Crippen LogP) is 3.14. The van der Waals surface area contributed by atoms with Gasteiger partial charge in [0.15, 0.2) is 0 Å². The van der Waals surface area contributed by atoms with Crippen LogP contribution < -0.4 is 5.32 Å². The summed E-state index contributed by atoms with van der Waals surface area (Å²) in [6, 6.07) is 3.74. The minimum absolute atomic E-state index is 0.106. The van der Waals surface area contributed by atoms with Crippen molar-refractivity contribution >= 4 is 21.8 Å². The fourth-order valence-electron chi connectivity index (χ4n) is 1.64. The molecule has 1 atom stereocenters. The molecule has 1 N–H and O–H groups in total. The predicted molar refractivity (Wildman–Crippen MR) is 72.2 cm³/mol. The molecule has 4 heteroatoms. The Balaban J connectivity index is 2.16. The first-order valence-corrected chi connectivity index (χ1v) is 7.23. The van der Waals surface area contributed by atoms with E-state index < -0.39 is 0 Å². The maximum atomic E-state index is 11.6. The molecule has 1 unspecified atom stereocenters. The van der Waals surface area contributed by atoms with Gasteiger partial charge in [0, 0.05) is 24.7 Å². The molecule has 0 aliphatic rings. The van der Waals surface area contributed by atoms with Gasteiger partial charge in [0.05, 0.1) is 6.26 Å². The fourth-order valence-corrected chi connectivity index (χ4v) is 2.29. The first-order valence-electron chi connectivity index (χ1n) is 6.11. The van der Waals surface area contributed by atoms with Crippen molar-refractivity contribution < 1.29 is 9.21 Å². The van der Waals surface area contributed by atoms with Gasteiger partial charge in [-0.15, -0.1) is 0 Å². The average Bonchev–Trinajstić information content (AvgIpc) is 2.85. The SMILES string of the molecule is CCC(CCBr)CNC(=O)CCc1ccco1. The average molecular weight is 302 g/mol. The Labute approximate surface area is 111 Å². The summed E-state index contributed by atoms with van der Waals surface area (Å²) in [5, 5.41) is 3.97. The van der Waals surface area contributed by atoms with Crippen molar-refractivity contribution in [3.05, 3.63) is 24.2 Å². The molecule has 1 rings (SSSR count). The molecule has 0 saturated heterocycles. The number of carbonyl (C=O) groups is 1. The normalized spacial score (nSPS) is 12.4. The van der Waals surface area contributed by atoms with Crippen LogP contribution in [0.3, 0.4) is 0 Å². The molecule has 1 aromatic rings. The van der Waals surface area contributed by atoms with Crippen LogP contribution in [0.2, 0.25) is 0 Å². The molecular weight excluding hydrogens is 282 g/mol. The molecule has 3 nitrogen and oxygen atoms in total. The third-order valence-corrected chi connectivity index (χ3v) is 3.32. The number of amides is 1. The molecule has 1 amide bonds. The van der Waals surface area contributed by atoms with Crippen molar-refractivity contribution in [2.75, 3.05) is 11.9 Å². The lowest BCUT2D eigenvalue weighted by atomic mass is 10.0. The summed E-state index contributed by atoms with van der Waals surface area (Å²) in [6.45, 7) is 2.93. The first-order chi connectivity index (χ1) is 8.26. The van der Waals surface area contributed by atoms with Gasteiger partial charge < -0.3 is 9.73 Å². The van der Waals surface area contributed by atoms with Crippen LogP contribution in [0, 0.1) is 5.92 Å². The number of nitrogens with one attached hydrogen (secondary N) is 1. The van der Waals surface area contributed by atoms with E-state index in [1.807, 2.05) is 12.1 Å². The van der Waals surface area contributed by atoms with Gasteiger partial charge in [-0.1, -0.05) is 29.3 Å². The highest BCUT2D eigenvalue weighted by Crippen LogP contribution is 2.09. The van der Waals surface area contributed by atoms with Crippen LogP contribution in [0.4, 0.5) is 0 Å². The quantitative estimate of drug-likeness (QED) is 0.750. The summed E-state index contributed by atoms with van der Waals surface area (Å²) in [4.78, 5) is 11.6. The van der Waals surface area contributed by atoms with Crippen LogP contribution >= 0.6 is 15.9 Å². The first kappa shape index (κ1) is 14.3. The van der Waals surface area contributed by atoms with Gasteiger partial charge in [-0.3, -0.25) is 4.79 Å². The maximum Gasteiger partial charge on any atom is 0.220 e. The molecule has 96 valence electrons. The smallest absolute Gasteiger partial charge is 0.220 e. The Morgan fingerprint density at radius 3 is 3.00 bits per heavy atom. The minimum atomic E-state index is 0.106.